The van der Waals surface area contributed by atoms with E-state index in [-0.39, 0.29) is 94.2 Å². The van der Waals surface area contributed by atoms with Gasteiger partial charge in [0.25, 0.3) is 23.6 Å². The Kier molecular flexibility index (Phi) is 29.9. The number of nitrogens with two attached hydrogens (primary N) is 4. The highest BCUT2D eigenvalue weighted by atomic mass is 35.5. The van der Waals surface area contributed by atoms with E-state index in [4.69, 9.17) is 93.0 Å². The quantitative estimate of drug-likeness (QED) is 0.0195. The number of rotatable bonds is 25. The molecule has 12 N–H and O–H groups in total. The molecule has 5 aliphatic heterocycles. The zero-order valence-electron chi connectivity index (χ0n) is 78.0. The molecule has 1 aliphatic carbocycles. The number of fused-ring (bicyclic) bond motifs is 4. The Morgan fingerprint density at radius 2 is 0.706 bits per heavy atom. The van der Waals surface area contributed by atoms with Crippen molar-refractivity contribution in [2.24, 2.45) is 17.8 Å². The monoisotopic (exact) mass is 1920 g/mol. The minimum absolute atomic E-state index is 0.00107. The number of aryl methyl sites for hydroxylation is 7. The van der Waals surface area contributed by atoms with Crippen LogP contribution in [-0.4, -0.2) is 160 Å². The van der Waals surface area contributed by atoms with E-state index in [0.29, 0.717) is 120 Å². The van der Waals surface area contributed by atoms with Crippen molar-refractivity contribution in [1.82, 2.24) is 94.7 Å². The number of aromatic nitrogens is 19. The number of H-pyrrole nitrogens is 4. The van der Waals surface area contributed by atoms with Crippen LogP contribution >= 0.6 is 46.4 Å². The van der Waals surface area contributed by atoms with Crippen LogP contribution in [0.25, 0.3) is 46.6 Å². The highest BCUT2D eigenvalue weighted by Gasteiger charge is 2.43. The van der Waals surface area contributed by atoms with Crippen molar-refractivity contribution in [3.8, 4) is 23.0 Å². The molecule has 2 fully saturated rings. The van der Waals surface area contributed by atoms with Gasteiger partial charge in [0.15, 0.2) is 23.3 Å². The third-order valence-corrected chi connectivity index (χ3v) is 25.9. The number of carbonyl (C=O) groups is 4. The number of methoxy groups -OCH3 is 4. The van der Waals surface area contributed by atoms with E-state index in [0.717, 1.165) is 161 Å². The van der Waals surface area contributed by atoms with E-state index in [9.17, 15) is 19.2 Å². The molecule has 6 aliphatic rings. The summed E-state index contributed by atoms with van der Waals surface area (Å²) in [7, 11) is 6.46. The highest BCUT2D eigenvalue weighted by Crippen LogP contribution is 2.48. The number of ether oxygens (including phenoxy) is 5. The second-order valence-corrected chi connectivity index (χ2v) is 35.9. The summed E-state index contributed by atoms with van der Waals surface area (Å²) in [6.45, 7) is 22.1. The molecule has 0 atom stereocenters. The van der Waals surface area contributed by atoms with Crippen LogP contribution in [0.2, 0.25) is 20.6 Å². The van der Waals surface area contributed by atoms with Gasteiger partial charge in [0.2, 0.25) is 23.8 Å². The van der Waals surface area contributed by atoms with E-state index in [2.05, 4.69) is 109 Å². The van der Waals surface area contributed by atoms with E-state index in [1.54, 1.807) is 89.9 Å². The Hall–Kier alpha value is -13.8. The van der Waals surface area contributed by atoms with Gasteiger partial charge in [-0.05, 0) is 161 Å². The van der Waals surface area contributed by atoms with Crippen molar-refractivity contribution < 1.29 is 42.9 Å². The number of anilines is 8. The minimum atomic E-state index is -0.280. The Morgan fingerprint density at radius 1 is 0.412 bits per heavy atom. The van der Waals surface area contributed by atoms with E-state index >= 15 is 0 Å². The summed E-state index contributed by atoms with van der Waals surface area (Å²) in [5.41, 5.74) is 40.4. The average Bonchev–Trinajstić information content (AvgIpc) is 1.61. The summed E-state index contributed by atoms with van der Waals surface area (Å²) < 4.78 is 27.5. The lowest BCUT2D eigenvalue weighted by Crippen LogP contribution is -2.27. The molecule has 12 aromatic heterocycles. The molecule has 1 saturated carbocycles. The zero-order chi connectivity index (χ0) is 96.8. The van der Waals surface area contributed by atoms with E-state index in [1.165, 1.54) is 45.3 Å². The first kappa shape index (κ1) is 96.8. The van der Waals surface area contributed by atoms with Crippen molar-refractivity contribution in [3.05, 3.63) is 212 Å². The van der Waals surface area contributed by atoms with Crippen molar-refractivity contribution >= 4 is 164 Å². The Labute approximate surface area is 805 Å². The molecule has 1 saturated heterocycles. The second-order valence-electron chi connectivity index (χ2n) is 34.5. The predicted octanol–water partition coefficient (Wildman–Crippen LogP) is 15.8. The molecule has 136 heavy (non-hydrogen) atoms. The number of nitrogens with one attached hydrogen (secondary N) is 4. The average molecular weight is 1920 g/mol. The van der Waals surface area contributed by atoms with Crippen LogP contribution in [0.4, 0.5) is 47.1 Å². The van der Waals surface area contributed by atoms with Gasteiger partial charge in [-0.15, -0.1) is 0 Å². The van der Waals surface area contributed by atoms with Crippen LogP contribution in [0.5, 0.6) is 23.0 Å². The summed E-state index contributed by atoms with van der Waals surface area (Å²) >= 11 is 25.8. The van der Waals surface area contributed by atoms with Crippen LogP contribution < -0.4 is 61.5 Å². The summed E-state index contributed by atoms with van der Waals surface area (Å²) in [4.78, 5) is 138. The van der Waals surface area contributed by atoms with Gasteiger partial charge in [-0.3, -0.25) is 58.7 Å². The number of hydrogen-bond acceptors (Lipinski definition) is 28. The van der Waals surface area contributed by atoms with Gasteiger partial charge in [-0.2, -0.15) is 19.9 Å². The van der Waals surface area contributed by atoms with Gasteiger partial charge in [0.05, 0.1) is 122 Å². The maximum atomic E-state index is 13.7. The summed E-state index contributed by atoms with van der Waals surface area (Å²) in [5, 5.41) is 0.482. The maximum absolute atomic E-state index is 13.7. The molecule has 0 aromatic carbocycles. The first-order valence-corrected chi connectivity index (χ1v) is 46.1. The molecule has 12 aromatic rings. The standard InChI is InChI=1S/C26H30ClN7O3.C26H30ClN7O2.C24H28ClN7O2.C20H19ClN6O2/c1-14-11-29-19(15(2)22(14)36-3)13-34-24-21(23(27)32-26(28)33-24)18(25(34)35)10-20-30-12-17(31-20)5-4-16-6-8-37-9-7-16;1-14-11-29-19(15(2)22(14)36-3)13-34-24-21(23(27)32-26(28)33-24)18(25(34)35)10-20-30-12-17(31-20)9-8-16-6-4-5-7-16;1-12(2)6-7-15-10-28-18(29-15)8-16-19-21(25)30-24(26)31-22(19)32(23(16)33)11-17-14(4)20(34-5)13(3)9-27-17;1-10-8-24-14(11(2)16(10)29-3)9-27-18-15(17(21)25-20(22)26-18)13(19(27)28)7-12-5-4-6-23-12/h10-12,16H,4-9,13H2,1-3H3,(H,30,31)(H2,28,32,33);10-12,16H,4-9,13H2,1-3H3,(H,30,31)(H2,28,32,33);8-10,12H,6-7,11H2,1-5H3,(H,28,29)(H2,26,30,31);4-8,23H,9H2,1-3H3,(H2,22,25,26)/b2*18-10-;16-8-;13-7-. The van der Waals surface area contributed by atoms with Crippen LogP contribution in [0.3, 0.4) is 0 Å². The smallest absolute Gasteiger partial charge is 0.260 e. The SMILES string of the molecule is COc1c(C)cnc(CN2C(=O)/C(=C\c3ccc[nH]3)c3c(Cl)nc(N)nc32)c1C.COc1c(C)cnc(CN2C(=O)/C(=C\c3ncc(CCC(C)C)[nH]3)c3c(Cl)nc(N)nc32)c1C.COc1c(C)cnc(CN2C(=O)/C(=C\c3ncc(CCC4CCCC4)[nH]3)c3c(Cl)nc(N)nc32)c1C.COc1c(C)cnc(CN2C(=O)/C(=C\c3ncc(CCC4CCOCC4)[nH]3)c3c(Cl)nc(N)nc32)c1C. The first-order valence-electron chi connectivity index (χ1n) is 44.6. The van der Waals surface area contributed by atoms with Gasteiger partial charge in [-0.1, -0.05) is 85.9 Å². The number of imidazole rings is 3. The predicted molar refractivity (Wildman–Crippen MR) is 525 cm³/mol. The molecule has 0 bridgehead atoms. The van der Waals surface area contributed by atoms with Crippen LogP contribution in [-0.2, 0) is 69.4 Å². The molecular formula is C96H107Cl4N27O9. The Bertz CT molecular complexity index is 6710. The summed E-state index contributed by atoms with van der Waals surface area (Å²) in [5.74, 6) is 7.02. The molecular weight excluding hydrogens is 1820 g/mol. The van der Waals surface area contributed by atoms with Gasteiger partial charge in [-0.25, -0.2) is 34.9 Å². The molecule has 0 spiro atoms. The fourth-order valence-electron chi connectivity index (χ4n) is 17.7. The van der Waals surface area contributed by atoms with Crippen molar-refractivity contribution in [2.75, 3.05) is 84.2 Å². The molecule has 0 unspecified atom stereocenters. The topological polar surface area (TPSA) is 488 Å². The molecule has 0 radical (unpaired) electrons. The van der Waals surface area contributed by atoms with Crippen LogP contribution in [0, 0.1) is 73.1 Å². The van der Waals surface area contributed by atoms with Gasteiger partial charge in [0.1, 0.15) is 61.1 Å². The van der Waals surface area contributed by atoms with Gasteiger partial charge < -0.3 is 66.6 Å². The highest BCUT2D eigenvalue weighted by molar-refractivity contribution is 6.44. The fraction of sp³-hybridized carbons (Fsp3) is 0.365. The Morgan fingerprint density at radius 3 is 0.993 bits per heavy atom. The molecule has 40 heteroatoms. The second kappa shape index (κ2) is 42.0. The third kappa shape index (κ3) is 20.8. The number of hydrogen-bond donors (Lipinski definition) is 8. The Balaban J connectivity index is 0.000000138. The van der Waals surface area contributed by atoms with E-state index in [1.807, 2.05) is 79.9 Å². The number of amides is 4. The van der Waals surface area contributed by atoms with Crippen molar-refractivity contribution in [1.29, 1.82) is 0 Å². The van der Waals surface area contributed by atoms with Crippen LogP contribution in [0.1, 0.15) is 201 Å². The molecule has 708 valence electrons. The largest absolute Gasteiger partial charge is 0.496 e. The van der Waals surface area contributed by atoms with Gasteiger partial charge >= 0.3 is 0 Å². The maximum Gasteiger partial charge on any atom is 0.260 e. The van der Waals surface area contributed by atoms with Crippen LogP contribution in [0.15, 0.2) is 61.7 Å². The fourth-order valence-corrected chi connectivity index (χ4v) is 18.8. The molecule has 4 amide bonds. The molecule has 18 rings (SSSR count). The lowest BCUT2D eigenvalue weighted by Gasteiger charge is -2.21. The number of carbonyl (C=O) groups excluding carboxylic acids is 4. The van der Waals surface area contributed by atoms with Crippen molar-refractivity contribution in [2.45, 2.75) is 172 Å². The summed E-state index contributed by atoms with van der Waals surface area (Å²) in [6.07, 6.45) is 34.4. The third-order valence-electron chi connectivity index (χ3n) is 24.8. The van der Waals surface area contributed by atoms with E-state index < -0.39 is 0 Å². The number of nitrogens with zero attached hydrogens (tertiary/aromatic N) is 19. The summed E-state index contributed by atoms with van der Waals surface area (Å²) in [6, 6.07) is 3.70. The molecule has 17 heterocycles. The first-order chi connectivity index (χ1) is 65.3. The lowest BCUT2D eigenvalue weighted by atomic mass is 9.94. The number of aromatic amines is 4. The number of nitrogen functional groups attached to an aromatic ring is 4. The lowest BCUT2D eigenvalue weighted by molar-refractivity contribution is -0.113. The normalized spacial score (nSPS) is 15.8. The molecule has 36 nitrogen and oxygen atoms in total. The number of halogens is 4. The van der Waals surface area contributed by atoms with Gasteiger partial charge in [0, 0.05) is 130 Å². The zero-order valence-corrected chi connectivity index (χ0v) is 81.1. The minimum Gasteiger partial charge on any atom is -0.496 e. The van der Waals surface area contributed by atoms with Crippen molar-refractivity contribution in [3.63, 3.8) is 0 Å². The number of pyridine rings is 4.